The average Bonchev–Trinajstić information content (AvgIpc) is 2.92. The molecule has 1 aromatic heterocycles. The lowest BCUT2D eigenvalue weighted by molar-refractivity contribution is -0.134. The van der Waals surface area contributed by atoms with Gasteiger partial charge in [-0.2, -0.15) is 0 Å². The second kappa shape index (κ2) is 7.58. The van der Waals surface area contributed by atoms with E-state index in [4.69, 9.17) is 4.74 Å². The minimum Gasteiger partial charge on any atom is -0.370 e. The maximum atomic E-state index is 12.6. The molecule has 0 N–H and O–H groups in total. The van der Waals surface area contributed by atoms with Gasteiger partial charge in [0.05, 0.1) is 6.42 Å². The summed E-state index contributed by atoms with van der Waals surface area (Å²) in [5, 5.41) is 0. The van der Waals surface area contributed by atoms with Crippen molar-refractivity contribution >= 4 is 5.78 Å². The molecule has 1 heterocycles. The maximum Gasteiger partial charge on any atom is 0.169 e. The number of ether oxygens (including phenoxy) is 1. The van der Waals surface area contributed by atoms with E-state index >= 15 is 0 Å². The lowest BCUT2D eigenvalue weighted by Gasteiger charge is -2.29. The van der Waals surface area contributed by atoms with E-state index in [-0.39, 0.29) is 11.9 Å². The van der Waals surface area contributed by atoms with Crippen LogP contribution in [0.25, 0.3) is 0 Å². The minimum absolute atomic E-state index is 0.194. The van der Waals surface area contributed by atoms with E-state index in [1.165, 1.54) is 19.3 Å². The summed E-state index contributed by atoms with van der Waals surface area (Å²) in [6.07, 6.45) is 9.85. The molecule has 0 radical (unpaired) electrons. The molecule has 20 heavy (non-hydrogen) atoms. The molecule has 1 aliphatic rings. The van der Waals surface area contributed by atoms with Crippen molar-refractivity contribution in [1.82, 2.24) is 9.55 Å². The van der Waals surface area contributed by atoms with E-state index in [1.807, 2.05) is 17.7 Å². The number of Topliss-reactive ketones (excluding diaryl/α,β-unsaturated/α-hetero) is 1. The van der Waals surface area contributed by atoms with Crippen LogP contribution in [0.4, 0.5) is 0 Å². The number of carbonyl (C=O) groups excluding carboxylic acids is 1. The van der Waals surface area contributed by atoms with Crippen molar-refractivity contribution in [3.05, 3.63) is 18.2 Å². The molecule has 1 fully saturated rings. The third kappa shape index (κ3) is 3.69. The van der Waals surface area contributed by atoms with Crippen molar-refractivity contribution in [3.8, 4) is 0 Å². The Morgan fingerprint density at radius 2 is 2.15 bits per heavy atom. The molecular formula is C16H26N2O2. The molecule has 0 aromatic carbocycles. The van der Waals surface area contributed by atoms with Gasteiger partial charge in [-0.15, -0.1) is 0 Å². The summed E-state index contributed by atoms with van der Waals surface area (Å²) in [6, 6.07) is 0. The normalized spacial score (nSPS) is 18.1. The molecule has 0 saturated heterocycles. The van der Waals surface area contributed by atoms with Crippen molar-refractivity contribution in [2.24, 2.45) is 5.92 Å². The number of hydrogen-bond donors (Lipinski definition) is 0. The van der Waals surface area contributed by atoms with E-state index in [0.717, 1.165) is 25.2 Å². The number of rotatable bonds is 7. The van der Waals surface area contributed by atoms with Crippen molar-refractivity contribution in [2.75, 3.05) is 6.61 Å². The van der Waals surface area contributed by atoms with Crippen LogP contribution >= 0.6 is 0 Å². The zero-order valence-electron chi connectivity index (χ0n) is 12.7. The molecule has 2 rings (SSSR count). The van der Waals surface area contributed by atoms with Gasteiger partial charge in [-0.25, -0.2) is 4.98 Å². The van der Waals surface area contributed by atoms with Gasteiger partial charge in [-0.3, -0.25) is 4.79 Å². The number of aromatic nitrogens is 2. The first-order valence-electron chi connectivity index (χ1n) is 7.90. The van der Waals surface area contributed by atoms with Gasteiger partial charge in [0.2, 0.25) is 0 Å². The predicted molar refractivity (Wildman–Crippen MR) is 78.6 cm³/mol. The fraction of sp³-hybridized carbons (Fsp3) is 0.750. The van der Waals surface area contributed by atoms with Gasteiger partial charge in [0.1, 0.15) is 11.9 Å². The zero-order valence-corrected chi connectivity index (χ0v) is 12.7. The number of imidazole rings is 1. The number of carbonyl (C=O) groups is 1. The number of aryl methyl sites for hydroxylation is 1. The zero-order chi connectivity index (χ0) is 14.4. The Kier molecular flexibility index (Phi) is 5.77. The van der Waals surface area contributed by atoms with Crippen LogP contribution in [0, 0.1) is 5.92 Å². The molecule has 1 aliphatic carbocycles. The third-order valence-corrected chi connectivity index (χ3v) is 4.22. The molecule has 4 heteroatoms. The highest BCUT2D eigenvalue weighted by atomic mass is 16.5. The molecule has 0 bridgehead atoms. The van der Waals surface area contributed by atoms with Crippen molar-refractivity contribution in [1.29, 1.82) is 0 Å². The molecular weight excluding hydrogens is 252 g/mol. The van der Waals surface area contributed by atoms with Crippen LogP contribution < -0.4 is 0 Å². The Morgan fingerprint density at radius 1 is 1.40 bits per heavy atom. The average molecular weight is 278 g/mol. The highest BCUT2D eigenvalue weighted by Crippen LogP contribution is 2.29. The quantitative estimate of drug-likeness (QED) is 0.770. The molecule has 1 aromatic rings. The van der Waals surface area contributed by atoms with Gasteiger partial charge >= 0.3 is 0 Å². The Morgan fingerprint density at radius 3 is 2.80 bits per heavy atom. The lowest BCUT2D eigenvalue weighted by Crippen LogP contribution is -2.35. The molecule has 4 nitrogen and oxygen atoms in total. The highest BCUT2D eigenvalue weighted by molar-refractivity contribution is 5.85. The molecule has 1 saturated carbocycles. The van der Waals surface area contributed by atoms with E-state index in [0.29, 0.717) is 18.9 Å². The lowest BCUT2D eigenvalue weighted by atomic mass is 9.83. The summed E-state index contributed by atoms with van der Waals surface area (Å²) in [5.41, 5.74) is 0. The Balaban J connectivity index is 2.02. The Labute approximate surface area is 121 Å². The van der Waals surface area contributed by atoms with Crippen molar-refractivity contribution < 1.29 is 9.53 Å². The van der Waals surface area contributed by atoms with Crippen LogP contribution in [-0.4, -0.2) is 28.0 Å². The van der Waals surface area contributed by atoms with E-state index in [9.17, 15) is 4.79 Å². The third-order valence-electron chi connectivity index (χ3n) is 4.22. The SMILES string of the molecule is CCOC(C(=O)Cc1nccn1CC)C1CCCCC1. The summed E-state index contributed by atoms with van der Waals surface area (Å²) in [4.78, 5) is 16.9. The summed E-state index contributed by atoms with van der Waals surface area (Å²) in [7, 11) is 0. The first-order valence-corrected chi connectivity index (χ1v) is 7.90. The topological polar surface area (TPSA) is 44.1 Å². The standard InChI is InChI=1S/C16H26N2O2/c1-3-18-11-10-17-15(18)12-14(19)16(20-4-2)13-8-6-5-7-9-13/h10-11,13,16H,3-9,12H2,1-2H3. The van der Waals surface area contributed by atoms with Crippen molar-refractivity contribution in [3.63, 3.8) is 0 Å². The van der Waals surface area contributed by atoms with Crippen LogP contribution in [0.15, 0.2) is 12.4 Å². The highest BCUT2D eigenvalue weighted by Gasteiger charge is 2.30. The Hall–Kier alpha value is -1.16. The fourth-order valence-corrected chi connectivity index (χ4v) is 3.16. The van der Waals surface area contributed by atoms with Crippen LogP contribution in [0.2, 0.25) is 0 Å². The maximum absolute atomic E-state index is 12.6. The van der Waals surface area contributed by atoms with Crippen LogP contribution in [0.1, 0.15) is 51.8 Å². The largest absolute Gasteiger partial charge is 0.370 e. The van der Waals surface area contributed by atoms with Gasteiger partial charge in [0, 0.05) is 25.5 Å². The minimum atomic E-state index is -0.234. The molecule has 0 aliphatic heterocycles. The first-order chi connectivity index (χ1) is 9.76. The predicted octanol–water partition coefficient (Wildman–Crippen LogP) is 3.00. The summed E-state index contributed by atoms with van der Waals surface area (Å²) in [5.74, 6) is 1.46. The molecule has 0 amide bonds. The smallest absolute Gasteiger partial charge is 0.169 e. The van der Waals surface area contributed by atoms with Gasteiger partial charge in [0.25, 0.3) is 0 Å². The van der Waals surface area contributed by atoms with Crippen molar-refractivity contribution in [2.45, 2.75) is 65.0 Å². The summed E-state index contributed by atoms with van der Waals surface area (Å²) in [6.45, 7) is 5.49. The van der Waals surface area contributed by atoms with Gasteiger partial charge in [-0.1, -0.05) is 19.3 Å². The van der Waals surface area contributed by atoms with Crippen LogP contribution in [0.3, 0.4) is 0 Å². The van der Waals surface area contributed by atoms with E-state index < -0.39 is 0 Å². The second-order valence-corrected chi connectivity index (χ2v) is 5.55. The molecule has 0 spiro atoms. The molecule has 1 atom stereocenters. The summed E-state index contributed by atoms with van der Waals surface area (Å²) < 4.78 is 7.81. The van der Waals surface area contributed by atoms with Gasteiger partial charge < -0.3 is 9.30 Å². The van der Waals surface area contributed by atoms with Crippen LogP contribution in [-0.2, 0) is 22.5 Å². The number of hydrogen-bond acceptors (Lipinski definition) is 3. The first kappa shape index (κ1) is 15.2. The number of ketones is 1. The molecule has 112 valence electrons. The monoisotopic (exact) mass is 278 g/mol. The Bertz CT molecular complexity index is 422. The number of nitrogens with zero attached hydrogens (tertiary/aromatic N) is 2. The van der Waals surface area contributed by atoms with Crippen LogP contribution in [0.5, 0.6) is 0 Å². The van der Waals surface area contributed by atoms with Gasteiger partial charge in [0.15, 0.2) is 5.78 Å². The van der Waals surface area contributed by atoms with E-state index in [2.05, 4.69) is 11.9 Å². The van der Waals surface area contributed by atoms with Gasteiger partial charge in [-0.05, 0) is 32.6 Å². The van der Waals surface area contributed by atoms with E-state index in [1.54, 1.807) is 6.20 Å². The summed E-state index contributed by atoms with van der Waals surface area (Å²) >= 11 is 0. The molecule has 1 unspecified atom stereocenters. The fourth-order valence-electron chi connectivity index (χ4n) is 3.16. The second-order valence-electron chi connectivity index (χ2n) is 5.55.